The Hall–Kier alpha value is -0.260. The van der Waals surface area contributed by atoms with Crippen LogP contribution in [0, 0.1) is 11.3 Å². The van der Waals surface area contributed by atoms with Crippen LogP contribution >= 0.6 is 0 Å². The summed E-state index contributed by atoms with van der Waals surface area (Å²) in [5.74, 6) is 0.786. The van der Waals surface area contributed by atoms with Crippen LogP contribution in [0.25, 0.3) is 0 Å². The third-order valence-electron chi connectivity index (χ3n) is 2.68. The summed E-state index contributed by atoms with van der Waals surface area (Å²) in [6.45, 7) is 15.9. The molecule has 72 valence electrons. The summed E-state index contributed by atoms with van der Waals surface area (Å²) in [6.07, 6.45) is 1.28. The van der Waals surface area contributed by atoms with Gasteiger partial charge in [0.2, 0.25) is 0 Å². The van der Waals surface area contributed by atoms with Crippen LogP contribution in [0.1, 0.15) is 54.9 Å². The number of allylic oxidation sites excluding steroid dienone is 2. The predicted molar refractivity (Wildman–Crippen MR) is 57.3 cm³/mol. The van der Waals surface area contributed by atoms with Gasteiger partial charge in [-0.2, -0.15) is 0 Å². The Morgan fingerprint density at radius 1 is 1.08 bits per heavy atom. The first-order valence-corrected chi connectivity index (χ1v) is 4.92. The van der Waals surface area contributed by atoms with Crippen molar-refractivity contribution in [1.82, 2.24) is 0 Å². The van der Waals surface area contributed by atoms with E-state index in [9.17, 15) is 0 Å². The fourth-order valence-electron chi connectivity index (χ4n) is 1.85. The monoisotopic (exact) mass is 168 g/mol. The van der Waals surface area contributed by atoms with Gasteiger partial charge in [-0.3, -0.25) is 0 Å². The van der Waals surface area contributed by atoms with Crippen LogP contribution in [0.15, 0.2) is 11.1 Å². The van der Waals surface area contributed by atoms with Gasteiger partial charge in [0.15, 0.2) is 0 Å². The number of hydrogen-bond donors (Lipinski definition) is 0. The summed E-state index contributed by atoms with van der Waals surface area (Å²) in [5, 5.41) is 0. The molecule has 0 aliphatic rings. The van der Waals surface area contributed by atoms with Crippen molar-refractivity contribution in [2.45, 2.75) is 54.9 Å². The van der Waals surface area contributed by atoms with Crippen LogP contribution in [-0.4, -0.2) is 0 Å². The molecular weight excluding hydrogens is 144 g/mol. The lowest BCUT2D eigenvalue weighted by Gasteiger charge is -2.29. The lowest BCUT2D eigenvalue weighted by Crippen LogP contribution is -2.16. The highest BCUT2D eigenvalue weighted by Crippen LogP contribution is 2.34. The van der Waals surface area contributed by atoms with Crippen molar-refractivity contribution in [2.24, 2.45) is 11.3 Å². The van der Waals surface area contributed by atoms with Crippen LogP contribution in [0.5, 0.6) is 0 Å². The molecule has 0 heterocycles. The summed E-state index contributed by atoms with van der Waals surface area (Å²) in [5.41, 5.74) is 3.41. The molecule has 0 atom stereocenters. The zero-order valence-electron chi connectivity index (χ0n) is 9.78. The minimum absolute atomic E-state index is 0.382. The Bertz CT molecular complexity index is 166. The molecular formula is C12H24. The molecule has 0 rings (SSSR count). The molecule has 0 radical (unpaired) electrons. The van der Waals surface area contributed by atoms with Gasteiger partial charge in [0, 0.05) is 0 Å². The Labute approximate surface area is 78.1 Å². The van der Waals surface area contributed by atoms with E-state index in [1.165, 1.54) is 12.0 Å². The summed E-state index contributed by atoms with van der Waals surface area (Å²) >= 11 is 0. The molecule has 0 bridgehead atoms. The normalized spacial score (nSPS) is 12.0. The smallest absolute Gasteiger partial charge is 0.0143 e. The second-order valence-electron chi connectivity index (χ2n) is 5.11. The van der Waals surface area contributed by atoms with Crippen molar-refractivity contribution in [2.75, 3.05) is 0 Å². The van der Waals surface area contributed by atoms with Crippen molar-refractivity contribution >= 4 is 0 Å². The highest BCUT2D eigenvalue weighted by Gasteiger charge is 2.21. The molecule has 0 saturated carbocycles. The molecule has 0 aromatic carbocycles. The van der Waals surface area contributed by atoms with Crippen LogP contribution < -0.4 is 0 Å². The first-order valence-electron chi connectivity index (χ1n) is 4.92. The Balaban J connectivity index is 4.51. The van der Waals surface area contributed by atoms with Crippen molar-refractivity contribution in [3.05, 3.63) is 11.1 Å². The first-order chi connectivity index (χ1) is 5.27. The van der Waals surface area contributed by atoms with Gasteiger partial charge in [0.1, 0.15) is 0 Å². The van der Waals surface area contributed by atoms with Gasteiger partial charge in [-0.15, -0.1) is 0 Å². The maximum absolute atomic E-state index is 2.34. The SMILES string of the molecule is CC(C)=C(C)C(C)(C)CC(C)C. The molecule has 0 unspecified atom stereocenters. The zero-order valence-corrected chi connectivity index (χ0v) is 9.78. The van der Waals surface area contributed by atoms with Gasteiger partial charge in [-0.1, -0.05) is 38.8 Å². The van der Waals surface area contributed by atoms with Gasteiger partial charge in [0.05, 0.1) is 0 Å². The van der Waals surface area contributed by atoms with E-state index in [0.29, 0.717) is 5.41 Å². The molecule has 0 spiro atoms. The van der Waals surface area contributed by atoms with E-state index in [0.717, 1.165) is 5.92 Å². The van der Waals surface area contributed by atoms with E-state index in [4.69, 9.17) is 0 Å². The van der Waals surface area contributed by atoms with E-state index >= 15 is 0 Å². The molecule has 0 aliphatic carbocycles. The van der Waals surface area contributed by atoms with Gasteiger partial charge >= 0.3 is 0 Å². The predicted octanol–water partition coefficient (Wildman–Crippen LogP) is 4.42. The molecule has 12 heavy (non-hydrogen) atoms. The first kappa shape index (κ1) is 11.7. The molecule has 0 aromatic heterocycles. The third kappa shape index (κ3) is 3.42. The quantitative estimate of drug-likeness (QED) is 0.547. The highest BCUT2D eigenvalue weighted by atomic mass is 14.3. The van der Waals surface area contributed by atoms with E-state index < -0.39 is 0 Å². The van der Waals surface area contributed by atoms with E-state index in [-0.39, 0.29) is 0 Å². The maximum atomic E-state index is 2.34. The molecule has 0 saturated heterocycles. The molecule has 0 aliphatic heterocycles. The molecule has 0 N–H and O–H groups in total. The lowest BCUT2D eigenvalue weighted by molar-refractivity contribution is 0.342. The fourth-order valence-corrected chi connectivity index (χ4v) is 1.85. The summed E-state index contributed by atoms with van der Waals surface area (Å²) in [6, 6.07) is 0. The van der Waals surface area contributed by atoms with Gasteiger partial charge < -0.3 is 0 Å². The topological polar surface area (TPSA) is 0 Å². The Morgan fingerprint density at radius 2 is 1.50 bits per heavy atom. The Kier molecular flexibility index (Phi) is 4.02. The minimum Gasteiger partial charge on any atom is -0.0770 e. The van der Waals surface area contributed by atoms with Crippen LogP contribution in [0.4, 0.5) is 0 Å². The molecule has 0 amide bonds. The van der Waals surface area contributed by atoms with Crippen LogP contribution in [-0.2, 0) is 0 Å². The van der Waals surface area contributed by atoms with E-state index in [1.54, 1.807) is 5.57 Å². The van der Waals surface area contributed by atoms with Crippen LogP contribution in [0.2, 0.25) is 0 Å². The van der Waals surface area contributed by atoms with Crippen molar-refractivity contribution < 1.29 is 0 Å². The number of rotatable bonds is 3. The van der Waals surface area contributed by atoms with Crippen molar-refractivity contribution in [1.29, 1.82) is 0 Å². The zero-order chi connectivity index (χ0) is 9.94. The lowest BCUT2D eigenvalue weighted by atomic mass is 9.76. The second-order valence-corrected chi connectivity index (χ2v) is 5.11. The van der Waals surface area contributed by atoms with E-state index in [2.05, 4.69) is 48.5 Å². The molecule has 0 heteroatoms. The standard InChI is InChI=1S/C12H24/c1-9(2)8-12(6,7)11(5)10(3)4/h9H,8H2,1-7H3. The summed E-state index contributed by atoms with van der Waals surface area (Å²) in [7, 11) is 0. The average molecular weight is 168 g/mol. The van der Waals surface area contributed by atoms with Crippen LogP contribution in [0.3, 0.4) is 0 Å². The van der Waals surface area contributed by atoms with Gasteiger partial charge in [-0.25, -0.2) is 0 Å². The number of hydrogen-bond acceptors (Lipinski definition) is 0. The maximum Gasteiger partial charge on any atom is -0.0143 e. The van der Waals surface area contributed by atoms with Crippen molar-refractivity contribution in [3.8, 4) is 0 Å². The average Bonchev–Trinajstić information content (AvgIpc) is 1.82. The third-order valence-corrected chi connectivity index (χ3v) is 2.68. The minimum atomic E-state index is 0.382. The summed E-state index contributed by atoms with van der Waals surface area (Å²) in [4.78, 5) is 0. The molecule has 0 aromatic rings. The largest absolute Gasteiger partial charge is 0.0770 e. The van der Waals surface area contributed by atoms with Gasteiger partial charge in [0.25, 0.3) is 0 Å². The van der Waals surface area contributed by atoms with Gasteiger partial charge in [-0.05, 0) is 38.5 Å². The molecule has 0 fully saturated rings. The molecule has 0 nitrogen and oxygen atoms in total. The van der Waals surface area contributed by atoms with E-state index in [1.807, 2.05) is 0 Å². The highest BCUT2D eigenvalue weighted by molar-refractivity contribution is 5.15. The van der Waals surface area contributed by atoms with Crippen molar-refractivity contribution in [3.63, 3.8) is 0 Å². The fraction of sp³-hybridized carbons (Fsp3) is 0.833. The summed E-state index contributed by atoms with van der Waals surface area (Å²) < 4.78 is 0. The second kappa shape index (κ2) is 4.11. The Morgan fingerprint density at radius 3 is 1.75 bits per heavy atom.